The normalized spacial score (nSPS) is 23.9. The van der Waals surface area contributed by atoms with Gasteiger partial charge in [-0.05, 0) is 6.92 Å². The first-order chi connectivity index (χ1) is 7.66. The molecule has 6 nitrogen and oxygen atoms in total. The molecule has 1 fully saturated rings. The van der Waals surface area contributed by atoms with E-state index in [1.807, 2.05) is 6.92 Å². The fourth-order valence-corrected chi connectivity index (χ4v) is 1.71. The average molecular weight is 261 g/mol. The Bertz CT molecular complexity index is 382. The molecule has 2 atom stereocenters. The van der Waals surface area contributed by atoms with E-state index in [-0.39, 0.29) is 30.5 Å². The summed E-state index contributed by atoms with van der Waals surface area (Å²) in [5.41, 5.74) is 0. The molecule has 0 unspecified atom stereocenters. The first kappa shape index (κ1) is 14.0. The van der Waals surface area contributed by atoms with Crippen molar-refractivity contribution in [1.82, 2.24) is 15.1 Å². The number of hydrogen-bond acceptors (Lipinski definition) is 4. The van der Waals surface area contributed by atoms with Gasteiger partial charge in [0.25, 0.3) is 0 Å². The summed E-state index contributed by atoms with van der Waals surface area (Å²) in [6, 6.07) is 1.45. The first-order valence-electron chi connectivity index (χ1n) is 5.32. The fourth-order valence-electron chi connectivity index (χ4n) is 1.71. The summed E-state index contributed by atoms with van der Waals surface area (Å²) >= 11 is 0. The Morgan fingerprint density at radius 2 is 2.47 bits per heavy atom. The topological polar surface area (TPSA) is 68.2 Å². The van der Waals surface area contributed by atoms with Gasteiger partial charge in [0, 0.05) is 25.9 Å². The minimum Gasteiger partial charge on any atom is -0.375 e. The summed E-state index contributed by atoms with van der Waals surface area (Å²) < 4.78 is 7.05. The number of halogens is 1. The van der Waals surface area contributed by atoms with Crippen LogP contribution in [0.25, 0.3) is 0 Å². The summed E-state index contributed by atoms with van der Waals surface area (Å²) in [4.78, 5) is 11.9. The molecule has 0 bridgehead atoms. The molecule has 0 radical (unpaired) electrons. The maximum atomic E-state index is 11.9. The van der Waals surface area contributed by atoms with Crippen LogP contribution in [0.1, 0.15) is 6.92 Å². The Labute approximate surface area is 106 Å². The molecule has 0 saturated carbocycles. The predicted octanol–water partition coefficient (Wildman–Crippen LogP) is 0.157. The van der Waals surface area contributed by atoms with Gasteiger partial charge in [0.05, 0.1) is 12.7 Å². The first-order valence-corrected chi connectivity index (χ1v) is 5.32. The minimum atomic E-state index is -0.309. The second kappa shape index (κ2) is 6.00. The highest BCUT2D eigenvalue weighted by Crippen LogP contribution is 2.07. The molecule has 0 spiro atoms. The lowest BCUT2D eigenvalue weighted by atomic mass is 10.1. The SMILES string of the molecule is C[C@H]1OCCN[C@@H]1C(=O)Nc1ccn(C)n1.Cl. The Morgan fingerprint density at radius 3 is 3.06 bits per heavy atom. The molecular weight excluding hydrogens is 244 g/mol. The molecule has 1 aliphatic heterocycles. The number of nitrogens with zero attached hydrogens (tertiary/aromatic N) is 2. The molecule has 17 heavy (non-hydrogen) atoms. The fraction of sp³-hybridized carbons (Fsp3) is 0.600. The summed E-state index contributed by atoms with van der Waals surface area (Å²) in [6.45, 7) is 3.23. The number of carbonyl (C=O) groups is 1. The molecule has 0 aliphatic carbocycles. The lowest BCUT2D eigenvalue weighted by molar-refractivity contribution is -0.123. The van der Waals surface area contributed by atoms with Gasteiger partial charge >= 0.3 is 0 Å². The van der Waals surface area contributed by atoms with Crippen LogP contribution in [0.2, 0.25) is 0 Å². The number of anilines is 1. The number of aromatic nitrogens is 2. The van der Waals surface area contributed by atoms with E-state index in [4.69, 9.17) is 4.74 Å². The lowest BCUT2D eigenvalue weighted by Gasteiger charge is -2.28. The number of ether oxygens (including phenoxy) is 1. The van der Waals surface area contributed by atoms with Crippen LogP contribution < -0.4 is 10.6 Å². The van der Waals surface area contributed by atoms with E-state index < -0.39 is 0 Å². The van der Waals surface area contributed by atoms with Crippen molar-refractivity contribution in [2.75, 3.05) is 18.5 Å². The van der Waals surface area contributed by atoms with Crippen molar-refractivity contribution in [3.8, 4) is 0 Å². The van der Waals surface area contributed by atoms with Crippen molar-refractivity contribution in [2.45, 2.75) is 19.1 Å². The van der Waals surface area contributed by atoms with E-state index in [0.29, 0.717) is 19.0 Å². The van der Waals surface area contributed by atoms with Crippen molar-refractivity contribution in [3.63, 3.8) is 0 Å². The van der Waals surface area contributed by atoms with Gasteiger partial charge in [-0.15, -0.1) is 12.4 Å². The van der Waals surface area contributed by atoms with Crippen molar-refractivity contribution < 1.29 is 9.53 Å². The molecule has 7 heteroatoms. The zero-order chi connectivity index (χ0) is 11.5. The van der Waals surface area contributed by atoms with E-state index in [1.165, 1.54) is 0 Å². The third kappa shape index (κ3) is 3.42. The van der Waals surface area contributed by atoms with Crippen LogP contribution in [0.15, 0.2) is 12.3 Å². The zero-order valence-corrected chi connectivity index (χ0v) is 10.7. The Balaban J connectivity index is 0.00000144. The number of amides is 1. The zero-order valence-electron chi connectivity index (χ0n) is 9.84. The van der Waals surface area contributed by atoms with Crippen molar-refractivity contribution in [3.05, 3.63) is 12.3 Å². The number of carbonyl (C=O) groups excluding carboxylic acids is 1. The van der Waals surface area contributed by atoms with Gasteiger partial charge < -0.3 is 15.4 Å². The molecule has 2 heterocycles. The smallest absolute Gasteiger partial charge is 0.245 e. The standard InChI is InChI=1S/C10H16N4O2.ClH/c1-7-9(11-4-6-16-7)10(15)12-8-3-5-14(2)13-8;/h3,5,7,9,11H,4,6H2,1-2H3,(H,12,13,15);1H/t7-,9+;/m1./s1. The van der Waals surface area contributed by atoms with Gasteiger partial charge in [0.2, 0.25) is 5.91 Å². The van der Waals surface area contributed by atoms with Gasteiger partial charge in [-0.1, -0.05) is 0 Å². The van der Waals surface area contributed by atoms with Crippen LogP contribution in [0.4, 0.5) is 5.82 Å². The number of hydrogen-bond donors (Lipinski definition) is 2. The van der Waals surface area contributed by atoms with Crippen LogP contribution in [-0.2, 0) is 16.6 Å². The Kier molecular flexibility index (Phi) is 4.92. The van der Waals surface area contributed by atoms with Crippen molar-refractivity contribution in [2.24, 2.45) is 7.05 Å². The monoisotopic (exact) mass is 260 g/mol. The van der Waals surface area contributed by atoms with Gasteiger partial charge in [0.1, 0.15) is 6.04 Å². The van der Waals surface area contributed by atoms with Crippen molar-refractivity contribution >= 4 is 24.1 Å². The molecular formula is C10H17ClN4O2. The maximum absolute atomic E-state index is 11.9. The minimum absolute atomic E-state index is 0. The lowest BCUT2D eigenvalue weighted by Crippen LogP contribution is -2.53. The van der Waals surface area contributed by atoms with E-state index in [9.17, 15) is 4.79 Å². The van der Waals surface area contributed by atoms with Crippen LogP contribution in [0, 0.1) is 0 Å². The van der Waals surface area contributed by atoms with E-state index in [1.54, 1.807) is 24.0 Å². The van der Waals surface area contributed by atoms with Crippen LogP contribution in [0.3, 0.4) is 0 Å². The summed E-state index contributed by atoms with van der Waals surface area (Å²) in [5.74, 6) is 0.456. The highest BCUT2D eigenvalue weighted by Gasteiger charge is 2.28. The van der Waals surface area contributed by atoms with Gasteiger partial charge in [0.15, 0.2) is 5.82 Å². The molecule has 1 amide bonds. The van der Waals surface area contributed by atoms with Crippen LogP contribution in [-0.4, -0.2) is 41.0 Å². The number of aryl methyl sites for hydroxylation is 1. The van der Waals surface area contributed by atoms with Gasteiger partial charge in [-0.3, -0.25) is 9.48 Å². The van der Waals surface area contributed by atoms with E-state index in [2.05, 4.69) is 15.7 Å². The van der Waals surface area contributed by atoms with Gasteiger partial charge in [-0.2, -0.15) is 5.10 Å². The second-order valence-corrected chi connectivity index (χ2v) is 3.87. The predicted molar refractivity (Wildman–Crippen MR) is 66.3 cm³/mol. The molecule has 1 aliphatic rings. The number of nitrogens with one attached hydrogen (secondary N) is 2. The van der Waals surface area contributed by atoms with Gasteiger partial charge in [-0.25, -0.2) is 0 Å². The largest absolute Gasteiger partial charge is 0.375 e. The number of rotatable bonds is 2. The third-order valence-corrected chi connectivity index (χ3v) is 2.56. The molecule has 96 valence electrons. The molecule has 2 N–H and O–H groups in total. The second-order valence-electron chi connectivity index (χ2n) is 3.87. The summed E-state index contributed by atoms with van der Waals surface area (Å²) in [5, 5.41) is 9.96. The van der Waals surface area contributed by atoms with E-state index in [0.717, 1.165) is 0 Å². The number of morpholine rings is 1. The molecule has 1 aromatic heterocycles. The average Bonchev–Trinajstić information content (AvgIpc) is 2.64. The van der Waals surface area contributed by atoms with E-state index >= 15 is 0 Å². The summed E-state index contributed by atoms with van der Waals surface area (Å²) in [6.07, 6.45) is 1.67. The third-order valence-electron chi connectivity index (χ3n) is 2.56. The Morgan fingerprint density at radius 1 is 1.71 bits per heavy atom. The molecule has 1 aromatic rings. The summed E-state index contributed by atoms with van der Waals surface area (Å²) in [7, 11) is 1.81. The molecule has 1 saturated heterocycles. The quantitative estimate of drug-likeness (QED) is 0.795. The highest BCUT2D eigenvalue weighted by atomic mass is 35.5. The maximum Gasteiger partial charge on any atom is 0.245 e. The molecule has 0 aromatic carbocycles. The molecule has 2 rings (SSSR count). The Hall–Kier alpha value is -1.11. The highest BCUT2D eigenvalue weighted by molar-refractivity contribution is 5.94. The van der Waals surface area contributed by atoms with Crippen molar-refractivity contribution in [1.29, 1.82) is 0 Å². The van der Waals surface area contributed by atoms with Crippen LogP contribution in [0.5, 0.6) is 0 Å². The van der Waals surface area contributed by atoms with Crippen LogP contribution >= 0.6 is 12.4 Å².